The van der Waals surface area contributed by atoms with Crippen LogP contribution in [0.15, 0.2) is 22.1 Å². The Hall–Kier alpha value is -1.66. The molecule has 1 fully saturated rings. The Balaban J connectivity index is 1.69. The minimum Gasteiger partial charge on any atom is -0.462 e. The van der Waals surface area contributed by atoms with E-state index in [-0.39, 0.29) is 11.9 Å². The molecule has 2 aromatic heterocycles. The van der Waals surface area contributed by atoms with Gasteiger partial charge in [-0.25, -0.2) is 4.98 Å². The number of carbonyl (C=O) groups is 1. The minimum atomic E-state index is -0.449. The zero-order chi connectivity index (χ0) is 14.8. The predicted molar refractivity (Wildman–Crippen MR) is 80.3 cm³/mol. The summed E-state index contributed by atoms with van der Waals surface area (Å²) < 4.78 is 5.42. The van der Waals surface area contributed by atoms with Crippen LogP contribution < -0.4 is 5.32 Å². The van der Waals surface area contributed by atoms with E-state index in [4.69, 9.17) is 4.42 Å². The van der Waals surface area contributed by atoms with Gasteiger partial charge in [0.2, 0.25) is 0 Å². The van der Waals surface area contributed by atoms with Gasteiger partial charge in [0.15, 0.2) is 5.76 Å². The maximum absolute atomic E-state index is 12.2. The van der Waals surface area contributed by atoms with E-state index >= 15 is 0 Å². The van der Waals surface area contributed by atoms with Crippen molar-refractivity contribution in [2.24, 2.45) is 0 Å². The first kappa shape index (κ1) is 14.3. The van der Waals surface area contributed by atoms with Crippen LogP contribution in [0.4, 0.5) is 0 Å². The minimum absolute atomic E-state index is 0.161. The highest BCUT2D eigenvalue weighted by Crippen LogP contribution is 2.24. The summed E-state index contributed by atoms with van der Waals surface area (Å²) >= 11 is 1.54. The van der Waals surface area contributed by atoms with Gasteiger partial charge in [0.05, 0.1) is 22.7 Å². The lowest BCUT2D eigenvalue weighted by Crippen LogP contribution is -2.44. The van der Waals surface area contributed by atoms with E-state index < -0.39 is 6.10 Å². The average Bonchev–Trinajstić information content (AvgIpc) is 3.10. The van der Waals surface area contributed by atoms with Crippen LogP contribution in [0.3, 0.4) is 0 Å². The van der Waals surface area contributed by atoms with Gasteiger partial charge in [-0.3, -0.25) is 4.79 Å². The second-order valence-corrected chi connectivity index (χ2v) is 6.45. The van der Waals surface area contributed by atoms with E-state index in [9.17, 15) is 9.90 Å². The van der Waals surface area contributed by atoms with Gasteiger partial charge < -0.3 is 14.8 Å². The largest absolute Gasteiger partial charge is 0.462 e. The number of thiazole rings is 1. The molecule has 2 heterocycles. The summed E-state index contributed by atoms with van der Waals surface area (Å²) in [6, 6.07) is 1.53. The first-order valence-electron chi connectivity index (χ1n) is 7.13. The molecule has 21 heavy (non-hydrogen) atoms. The van der Waals surface area contributed by atoms with E-state index in [0.717, 1.165) is 36.4 Å². The van der Waals surface area contributed by atoms with Crippen molar-refractivity contribution in [3.63, 3.8) is 0 Å². The van der Waals surface area contributed by atoms with Gasteiger partial charge in [-0.05, 0) is 25.8 Å². The van der Waals surface area contributed by atoms with Crippen molar-refractivity contribution < 1.29 is 14.3 Å². The highest BCUT2D eigenvalue weighted by Gasteiger charge is 2.25. The molecule has 0 aromatic carbocycles. The van der Waals surface area contributed by atoms with Crippen LogP contribution in [-0.2, 0) is 0 Å². The molecular weight excluding hydrogens is 288 g/mol. The molecule has 112 valence electrons. The summed E-state index contributed by atoms with van der Waals surface area (Å²) in [5.74, 6) is 0.386. The van der Waals surface area contributed by atoms with Crippen LogP contribution >= 0.6 is 11.3 Å². The number of hydrogen-bond donors (Lipinski definition) is 2. The van der Waals surface area contributed by atoms with Crippen LogP contribution in [0.5, 0.6) is 0 Å². The zero-order valence-corrected chi connectivity index (χ0v) is 12.7. The van der Waals surface area contributed by atoms with Crippen molar-refractivity contribution in [3.05, 3.63) is 28.3 Å². The highest BCUT2D eigenvalue weighted by molar-refractivity contribution is 7.09. The highest BCUT2D eigenvalue weighted by atomic mass is 32.1. The number of aliphatic hydroxyl groups is 1. The topological polar surface area (TPSA) is 75.4 Å². The molecule has 1 aliphatic rings. The number of furan rings is 1. The molecule has 0 bridgehead atoms. The van der Waals surface area contributed by atoms with Crippen molar-refractivity contribution in [3.8, 4) is 11.5 Å². The molecule has 0 saturated heterocycles. The molecule has 2 unspecified atom stereocenters. The number of aromatic nitrogens is 1. The van der Waals surface area contributed by atoms with Crippen molar-refractivity contribution in [2.45, 2.75) is 44.8 Å². The molecule has 2 N–H and O–H groups in total. The summed E-state index contributed by atoms with van der Waals surface area (Å²) in [5, 5.41) is 15.7. The van der Waals surface area contributed by atoms with E-state index in [1.165, 1.54) is 6.26 Å². The molecule has 6 heteroatoms. The summed E-state index contributed by atoms with van der Waals surface area (Å²) in [5.41, 5.74) is 1.21. The van der Waals surface area contributed by atoms with Crippen LogP contribution in [0.25, 0.3) is 11.5 Å². The van der Waals surface area contributed by atoms with Gasteiger partial charge in [-0.2, -0.15) is 0 Å². The van der Waals surface area contributed by atoms with Crippen LogP contribution in [0, 0.1) is 6.92 Å². The Morgan fingerprint density at radius 3 is 3.00 bits per heavy atom. The Bertz CT molecular complexity index is 634. The van der Waals surface area contributed by atoms with Crippen LogP contribution in [-0.4, -0.2) is 28.1 Å². The molecule has 1 aliphatic carbocycles. The monoisotopic (exact) mass is 306 g/mol. The number of nitrogens with zero attached hydrogens (tertiary/aromatic N) is 1. The molecule has 0 aliphatic heterocycles. The molecule has 1 saturated carbocycles. The second kappa shape index (κ2) is 5.99. The molecule has 1 amide bonds. The van der Waals surface area contributed by atoms with Gasteiger partial charge in [0.1, 0.15) is 12.0 Å². The van der Waals surface area contributed by atoms with E-state index in [0.29, 0.717) is 11.3 Å². The number of carbonyl (C=O) groups excluding carboxylic acids is 1. The number of hydrogen-bond acceptors (Lipinski definition) is 5. The molecule has 2 aromatic rings. The first-order chi connectivity index (χ1) is 10.1. The Labute approximate surface area is 127 Å². The summed E-state index contributed by atoms with van der Waals surface area (Å²) in [6.45, 7) is 1.93. The molecule has 5 nitrogen and oxygen atoms in total. The van der Waals surface area contributed by atoms with Gasteiger partial charge >= 0.3 is 0 Å². The lowest BCUT2D eigenvalue weighted by atomic mass is 9.92. The van der Waals surface area contributed by atoms with Crippen molar-refractivity contribution >= 4 is 17.2 Å². The average molecular weight is 306 g/mol. The summed E-state index contributed by atoms with van der Waals surface area (Å²) in [7, 11) is 0. The van der Waals surface area contributed by atoms with Gasteiger partial charge in [0.25, 0.3) is 5.91 Å². The van der Waals surface area contributed by atoms with Crippen molar-refractivity contribution in [1.82, 2.24) is 10.3 Å². The Morgan fingerprint density at radius 2 is 2.29 bits per heavy atom. The lowest BCUT2D eigenvalue weighted by molar-refractivity contribution is 0.0717. The van der Waals surface area contributed by atoms with Crippen molar-refractivity contribution in [1.29, 1.82) is 0 Å². The zero-order valence-electron chi connectivity index (χ0n) is 11.8. The van der Waals surface area contributed by atoms with E-state index in [1.54, 1.807) is 17.4 Å². The standard InChI is InChI=1S/C15H18N2O3S/c1-9-16-12(8-21-9)14-6-10(7-20-14)15(19)17-11-4-2-3-5-13(11)18/h6-8,11,13,18H,2-5H2,1H3,(H,17,19). The van der Waals surface area contributed by atoms with E-state index in [2.05, 4.69) is 10.3 Å². The van der Waals surface area contributed by atoms with Gasteiger partial charge in [-0.15, -0.1) is 11.3 Å². The van der Waals surface area contributed by atoms with E-state index in [1.807, 2.05) is 12.3 Å². The quantitative estimate of drug-likeness (QED) is 0.914. The number of rotatable bonds is 3. The number of aryl methyl sites for hydroxylation is 1. The molecule has 3 rings (SSSR count). The third-order valence-corrected chi connectivity index (χ3v) is 4.55. The SMILES string of the molecule is Cc1nc(-c2cc(C(=O)NC3CCCCC3O)co2)cs1. The fraction of sp³-hybridized carbons (Fsp3) is 0.467. The van der Waals surface area contributed by atoms with Crippen LogP contribution in [0.1, 0.15) is 41.0 Å². The van der Waals surface area contributed by atoms with Crippen LogP contribution in [0.2, 0.25) is 0 Å². The molecule has 2 atom stereocenters. The van der Waals surface area contributed by atoms with Gasteiger partial charge in [0, 0.05) is 5.38 Å². The Kier molecular flexibility index (Phi) is 4.07. The predicted octanol–water partition coefficient (Wildman–Crippen LogP) is 2.74. The van der Waals surface area contributed by atoms with Gasteiger partial charge in [-0.1, -0.05) is 12.8 Å². The number of amides is 1. The smallest absolute Gasteiger partial charge is 0.254 e. The van der Waals surface area contributed by atoms with Crippen molar-refractivity contribution in [2.75, 3.05) is 0 Å². The fourth-order valence-electron chi connectivity index (χ4n) is 2.60. The fourth-order valence-corrected chi connectivity index (χ4v) is 3.20. The summed E-state index contributed by atoms with van der Waals surface area (Å²) in [6.07, 6.45) is 4.62. The lowest BCUT2D eigenvalue weighted by Gasteiger charge is -2.28. The maximum Gasteiger partial charge on any atom is 0.254 e. The number of nitrogens with one attached hydrogen (secondary N) is 1. The summed E-state index contributed by atoms with van der Waals surface area (Å²) in [4.78, 5) is 16.5. The Morgan fingerprint density at radius 1 is 1.48 bits per heavy atom. The number of aliphatic hydroxyl groups excluding tert-OH is 1. The molecular formula is C15H18N2O3S. The molecule has 0 spiro atoms. The third kappa shape index (κ3) is 3.16. The first-order valence-corrected chi connectivity index (χ1v) is 8.01. The third-order valence-electron chi connectivity index (χ3n) is 3.78. The maximum atomic E-state index is 12.2. The normalized spacial score (nSPS) is 22.2. The molecule has 0 radical (unpaired) electrons. The second-order valence-electron chi connectivity index (χ2n) is 5.38.